The highest BCUT2D eigenvalue weighted by molar-refractivity contribution is 5.31. The largest absolute Gasteiger partial charge is 0.207 e. The van der Waals surface area contributed by atoms with Gasteiger partial charge in [-0.1, -0.05) is 280 Å². The maximum Gasteiger partial charge on any atom is 0.129 e. The molecular weight excluding hydrogens is 1020 g/mol. The molecule has 0 amide bonds. The Balaban J connectivity index is 0.000000925. The van der Waals surface area contributed by atoms with Crippen molar-refractivity contribution in [3.63, 3.8) is 0 Å². The SMILES string of the molecule is C.CC(C)c1ccc(F)cc1.CC(C)c1ccccc1.Cc1cc(F)cc(C(C)C)c1.Cc1ccc(F)cc1C(C)C.Cc1cccc(C(C)C)c1.Cc1cccc(C(C)C)c1.Cc1cccc(C(C)C)c1.Cc1cccc(C(C)C)c1F. The van der Waals surface area contributed by atoms with Gasteiger partial charge in [-0.25, -0.2) is 17.6 Å². The van der Waals surface area contributed by atoms with E-state index >= 15 is 0 Å². The van der Waals surface area contributed by atoms with E-state index in [9.17, 15) is 17.6 Å². The summed E-state index contributed by atoms with van der Waals surface area (Å²) in [6.07, 6.45) is 0. The van der Waals surface area contributed by atoms with Crippen molar-refractivity contribution in [2.45, 2.75) is 207 Å². The molecule has 0 bridgehead atoms. The summed E-state index contributed by atoms with van der Waals surface area (Å²) < 4.78 is 51.1. The zero-order valence-corrected chi connectivity index (χ0v) is 54.5. The topological polar surface area (TPSA) is 0 Å². The van der Waals surface area contributed by atoms with E-state index in [1.807, 2.05) is 70.2 Å². The highest BCUT2D eigenvalue weighted by Crippen LogP contribution is 2.23. The fourth-order valence-corrected chi connectivity index (χ4v) is 8.22. The van der Waals surface area contributed by atoms with Gasteiger partial charge in [-0.15, -0.1) is 0 Å². The van der Waals surface area contributed by atoms with Crippen LogP contribution in [0.2, 0.25) is 0 Å². The second kappa shape index (κ2) is 40.7. The molecule has 0 saturated heterocycles. The van der Waals surface area contributed by atoms with Gasteiger partial charge in [-0.05, 0) is 186 Å². The predicted molar refractivity (Wildman–Crippen MR) is 359 cm³/mol. The van der Waals surface area contributed by atoms with Crippen LogP contribution in [0.3, 0.4) is 0 Å². The van der Waals surface area contributed by atoms with Gasteiger partial charge in [0.1, 0.15) is 23.3 Å². The minimum absolute atomic E-state index is 0. The van der Waals surface area contributed by atoms with Crippen LogP contribution in [-0.4, -0.2) is 0 Å². The Morgan fingerprint density at radius 2 is 0.578 bits per heavy atom. The Labute approximate surface area is 505 Å². The van der Waals surface area contributed by atoms with Crippen molar-refractivity contribution in [1.82, 2.24) is 0 Å². The van der Waals surface area contributed by atoms with Gasteiger partial charge in [0.15, 0.2) is 0 Å². The van der Waals surface area contributed by atoms with E-state index in [0.717, 1.165) is 27.8 Å². The third-order valence-electron chi connectivity index (χ3n) is 13.6. The van der Waals surface area contributed by atoms with Crippen LogP contribution in [0.4, 0.5) is 17.6 Å². The third-order valence-corrected chi connectivity index (χ3v) is 13.6. The van der Waals surface area contributed by atoms with Gasteiger partial charge in [-0.2, -0.15) is 0 Å². The molecule has 0 aromatic heterocycles. The lowest BCUT2D eigenvalue weighted by Crippen LogP contribution is -1.94. The molecule has 452 valence electrons. The number of hydrogen-bond acceptors (Lipinski definition) is 0. The van der Waals surface area contributed by atoms with Crippen LogP contribution in [0.25, 0.3) is 0 Å². The molecule has 0 unspecified atom stereocenters. The Bertz CT molecular complexity index is 2830. The molecule has 4 heteroatoms. The molecule has 0 atom stereocenters. The summed E-state index contributed by atoms with van der Waals surface area (Å²) in [5, 5.41) is 0. The summed E-state index contributed by atoms with van der Waals surface area (Å²) in [6.45, 7) is 46.3. The highest BCUT2D eigenvalue weighted by atomic mass is 19.1. The van der Waals surface area contributed by atoms with Crippen molar-refractivity contribution in [2.75, 3.05) is 0 Å². The van der Waals surface area contributed by atoms with Crippen molar-refractivity contribution >= 4 is 0 Å². The standard InChI is InChI=1S/3C10H13F.3C10H14.C9H11F.C9H12.CH4/c1-7(2)9-4-8(3)5-10(11)6-9;1-7(2)10-6-9(11)5-4-8(10)3;1-7(2)9-6-4-5-8(3)10(9)11;3*1-8(2)10-6-4-5-9(3)7-10;1-7(2)8-3-5-9(10)6-4-8;1-8(2)9-6-4-3-5-7-9;/h3*4-7H,1-3H3;3*4-8H,1-3H3;3-7H,1-2H3;3-8H,1-2H3;1H4. The summed E-state index contributed by atoms with van der Waals surface area (Å²) in [7, 11) is 0. The lowest BCUT2D eigenvalue weighted by Gasteiger charge is -2.08. The normalized spacial score (nSPS) is 10.3. The molecule has 8 aromatic rings. The zero-order chi connectivity index (χ0) is 62.2. The Kier molecular flexibility index (Phi) is 37.5. The summed E-state index contributed by atoms with van der Waals surface area (Å²) in [5.74, 6) is 3.70. The molecule has 0 aliphatic rings. The van der Waals surface area contributed by atoms with Crippen molar-refractivity contribution in [3.05, 3.63) is 283 Å². The molecule has 0 N–H and O–H groups in total. The summed E-state index contributed by atoms with van der Waals surface area (Å²) >= 11 is 0. The maximum absolute atomic E-state index is 13.3. The number of benzene rings is 8. The van der Waals surface area contributed by atoms with Gasteiger partial charge in [0.2, 0.25) is 0 Å². The van der Waals surface area contributed by atoms with Crippen LogP contribution in [0.1, 0.15) is 243 Å². The predicted octanol–water partition coefficient (Wildman–Crippen LogP) is 25.5. The van der Waals surface area contributed by atoms with Crippen LogP contribution in [0.15, 0.2) is 182 Å². The van der Waals surface area contributed by atoms with Gasteiger partial charge in [0, 0.05) is 0 Å². The van der Waals surface area contributed by atoms with E-state index in [4.69, 9.17) is 0 Å². The van der Waals surface area contributed by atoms with Crippen molar-refractivity contribution in [1.29, 1.82) is 0 Å². The van der Waals surface area contributed by atoms with Crippen LogP contribution in [0, 0.1) is 64.8 Å². The first-order chi connectivity index (χ1) is 38.4. The molecule has 0 spiro atoms. The van der Waals surface area contributed by atoms with Crippen molar-refractivity contribution in [2.24, 2.45) is 0 Å². The summed E-state index contributed by atoms with van der Waals surface area (Å²) in [4.78, 5) is 0. The molecule has 8 aromatic carbocycles. The third kappa shape index (κ3) is 32.2. The average molecular weight is 1130 g/mol. The van der Waals surface area contributed by atoms with Gasteiger partial charge in [0.05, 0.1) is 0 Å². The van der Waals surface area contributed by atoms with E-state index in [2.05, 4.69) is 215 Å². The Hall–Kier alpha value is -6.52. The van der Waals surface area contributed by atoms with Crippen LogP contribution >= 0.6 is 0 Å². The van der Waals surface area contributed by atoms with E-state index in [1.54, 1.807) is 31.2 Å². The van der Waals surface area contributed by atoms with E-state index in [1.165, 1.54) is 68.3 Å². The van der Waals surface area contributed by atoms with Gasteiger partial charge >= 0.3 is 0 Å². The van der Waals surface area contributed by atoms with E-state index in [-0.39, 0.29) is 36.6 Å². The first-order valence-corrected chi connectivity index (χ1v) is 29.7. The van der Waals surface area contributed by atoms with Gasteiger partial charge in [-0.3, -0.25) is 0 Å². The van der Waals surface area contributed by atoms with Crippen molar-refractivity contribution in [3.8, 4) is 0 Å². The summed E-state index contributed by atoms with van der Waals surface area (Å²) in [6, 6.07) is 58.8. The molecule has 83 heavy (non-hydrogen) atoms. The monoisotopic (exact) mass is 1130 g/mol. The Morgan fingerprint density at radius 3 is 0.892 bits per heavy atom. The van der Waals surface area contributed by atoms with Gasteiger partial charge in [0.25, 0.3) is 0 Å². The smallest absolute Gasteiger partial charge is 0.129 e. The minimum atomic E-state index is -0.163. The molecule has 8 rings (SSSR count). The second-order valence-electron chi connectivity index (χ2n) is 24.0. The van der Waals surface area contributed by atoms with Crippen molar-refractivity contribution < 1.29 is 17.6 Å². The number of rotatable bonds is 8. The first kappa shape index (κ1) is 76.5. The molecule has 0 aliphatic heterocycles. The molecule has 0 radical (unpaired) electrons. The number of aryl methyl sites for hydroxylation is 6. The molecular formula is C79H108F4. The van der Waals surface area contributed by atoms with Crippen LogP contribution < -0.4 is 0 Å². The first-order valence-electron chi connectivity index (χ1n) is 29.7. The second-order valence-corrected chi connectivity index (χ2v) is 24.0. The number of hydrogen-bond donors (Lipinski definition) is 0. The van der Waals surface area contributed by atoms with E-state index < -0.39 is 0 Å². The van der Waals surface area contributed by atoms with Crippen LogP contribution in [-0.2, 0) is 0 Å². The molecule has 0 heterocycles. The molecule has 0 fully saturated rings. The molecule has 0 nitrogen and oxygen atoms in total. The zero-order valence-electron chi connectivity index (χ0n) is 54.5. The lowest BCUT2D eigenvalue weighted by molar-refractivity contribution is 0.590. The quantitative estimate of drug-likeness (QED) is 0.133. The van der Waals surface area contributed by atoms with Gasteiger partial charge < -0.3 is 0 Å². The number of halogens is 4. The average Bonchev–Trinajstić information content (AvgIpc) is 3.41. The fourth-order valence-electron chi connectivity index (χ4n) is 8.22. The lowest BCUT2D eigenvalue weighted by atomic mass is 9.98. The fraction of sp³-hybridized carbons (Fsp3) is 0.392. The maximum atomic E-state index is 13.3. The summed E-state index contributed by atoms with van der Waals surface area (Å²) in [5.41, 5.74) is 16.8. The van der Waals surface area contributed by atoms with Crippen LogP contribution in [0.5, 0.6) is 0 Å². The van der Waals surface area contributed by atoms with E-state index in [0.29, 0.717) is 41.4 Å². The molecule has 0 aliphatic carbocycles. The minimum Gasteiger partial charge on any atom is -0.207 e. The molecule has 0 saturated carbocycles. The Morgan fingerprint density at radius 1 is 0.229 bits per heavy atom. The highest BCUT2D eigenvalue weighted by Gasteiger charge is 2.08.